The van der Waals surface area contributed by atoms with Crippen LogP contribution in [0.4, 0.5) is 0 Å². The molecule has 0 spiro atoms. The highest BCUT2D eigenvalue weighted by Gasteiger charge is 2.00. The van der Waals surface area contributed by atoms with Crippen LogP contribution < -0.4 is 0 Å². The van der Waals surface area contributed by atoms with Gasteiger partial charge in [0, 0.05) is 25.7 Å². The maximum atomic E-state index is 3.87. The molecule has 0 aromatic rings. The average molecular weight is 109 g/mol. The maximum Gasteiger partial charge on any atom is 0.0353 e. The van der Waals surface area contributed by atoms with Crippen LogP contribution in [0.1, 0.15) is 6.42 Å². The molecule has 0 atom stereocenters. The molecule has 0 radical (unpaired) electrons. The van der Waals surface area contributed by atoms with Crippen LogP contribution in [0.5, 0.6) is 0 Å². The molecule has 1 heterocycles. The molecule has 0 saturated heterocycles. The monoisotopic (exact) mass is 109 g/mol. The third-order valence-corrected chi connectivity index (χ3v) is 1.44. The molecular weight excluding hydrogens is 98.1 g/mol. The predicted molar refractivity (Wildman–Crippen MR) is 35.5 cm³/mol. The van der Waals surface area contributed by atoms with E-state index in [0.717, 1.165) is 13.0 Å². The number of allylic oxidation sites excluding steroid dienone is 1. The summed E-state index contributed by atoms with van der Waals surface area (Å²) >= 11 is 0. The Labute approximate surface area is 50.3 Å². The Morgan fingerprint density at radius 2 is 2.38 bits per heavy atom. The summed E-state index contributed by atoms with van der Waals surface area (Å²) in [7, 11) is 2.06. The second-order valence-electron chi connectivity index (χ2n) is 2.12. The molecule has 0 aliphatic carbocycles. The predicted octanol–water partition coefficient (Wildman–Crippen LogP) is 1.39. The topological polar surface area (TPSA) is 3.24 Å². The molecule has 0 amide bonds. The maximum absolute atomic E-state index is 3.87. The van der Waals surface area contributed by atoms with Gasteiger partial charge in [-0.3, -0.25) is 0 Å². The molecule has 1 rings (SSSR count). The first kappa shape index (κ1) is 5.42. The molecule has 0 bridgehead atoms. The lowest BCUT2D eigenvalue weighted by atomic mass is 10.2. The smallest absolute Gasteiger partial charge is 0.0353 e. The van der Waals surface area contributed by atoms with Crippen LogP contribution in [0.2, 0.25) is 0 Å². The van der Waals surface area contributed by atoms with Crippen LogP contribution in [-0.2, 0) is 0 Å². The van der Waals surface area contributed by atoms with E-state index in [1.54, 1.807) is 0 Å². The van der Waals surface area contributed by atoms with Crippen molar-refractivity contribution in [3.05, 3.63) is 24.4 Å². The molecule has 1 nitrogen and oxygen atoms in total. The standard InChI is InChI=1S/C7H11N/c1-7-5-3-4-6-8(7)2/h3-4H,1,5-6H2,2H3. The van der Waals surface area contributed by atoms with Gasteiger partial charge in [0.05, 0.1) is 0 Å². The zero-order chi connectivity index (χ0) is 5.98. The summed E-state index contributed by atoms with van der Waals surface area (Å²) in [6, 6.07) is 0. The first-order valence-electron chi connectivity index (χ1n) is 2.84. The fourth-order valence-electron chi connectivity index (χ4n) is 0.737. The van der Waals surface area contributed by atoms with Crippen LogP contribution in [0.25, 0.3) is 0 Å². The molecular formula is C7H11N. The Morgan fingerprint density at radius 1 is 1.62 bits per heavy atom. The molecule has 0 N–H and O–H groups in total. The quantitative estimate of drug-likeness (QED) is 0.425. The lowest BCUT2D eigenvalue weighted by Gasteiger charge is -2.21. The van der Waals surface area contributed by atoms with E-state index in [4.69, 9.17) is 0 Å². The van der Waals surface area contributed by atoms with E-state index in [1.165, 1.54) is 5.70 Å². The number of hydrogen-bond donors (Lipinski definition) is 0. The van der Waals surface area contributed by atoms with Crippen molar-refractivity contribution in [2.45, 2.75) is 6.42 Å². The minimum atomic E-state index is 1.02. The van der Waals surface area contributed by atoms with Crippen molar-refractivity contribution in [2.24, 2.45) is 0 Å². The average Bonchev–Trinajstić information content (AvgIpc) is 1.77. The zero-order valence-corrected chi connectivity index (χ0v) is 5.22. The van der Waals surface area contributed by atoms with Crippen molar-refractivity contribution < 1.29 is 0 Å². The number of likely N-dealkylation sites (N-methyl/N-ethyl adjacent to an activating group) is 1. The van der Waals surface area contributed by atoms with E-state index in [1.807, 2.05) is 0 Å². The second kappa shape index (κ2) is 2.03. The Morgan fingerprint density at radius 3 is 2.75 bits per heavy atom. The number of nitrogens with zero attached hydrogens (tertiary/aromatic N) is 1. The molecule has 0 aromatic carbocycles. The summed E-state index contributed by atoms with van der Waals surface area (Å²) in [6.45, 7) is 4.90. The molecule has 44 valence electrons. The van der Waals surface area contributed by atoms with Gasteiger partial charge in [0.15, 0.2) is 0 Å². The van der Waals surface area contributed by atoms with Gasteiger partial charge >= 0.3 is 0 Å². The van der Waals surface area contributed by atoms with Crippen molar-refractivity contribution in [1.29, 1.82) is 0 Å². The summed E-state index contributed by atoms with van der Waals surface area (Å²) in [4.78, 5) is 2.15. The minimum Gasteiger partial charge on any atom is -0.374 e. The van der Waals surface area contributed by atoms with E-state index in [-0.39, 0.29) is 0 Å². The van der Waals surface area contributed by atoms with Crippen molar-refractivity contribution in [3.8, 4) is 0 Å². The number of hydrogen-bond acceptors (Lipinski definition) is 1. The molecule has 0 unspecified atom stereocenters. The third-order valence-electron chi connectivity index (χ3n) is 1.44. The Bertz CT molecular complexity index is 124. The molecule has 1 aliphatic heterocycles. The van der Waals surface area contributed by atoms with Gasteiger partial charge in [-0.15, -0.1) is 0 Å². The van der Waals surface area contributed by atoms with E-state index in [0.29, 0.717) is 0 Å². The first-order valence-corrected chi connectivity index (χ1v) is 2.84. The van der Waals surface area contributed by atoms with Gasteiger partial charge < -0.3 is 4.90 Å². The highest BCUT2D eigenvalue weighted by atomic mass is 15.1. The fraction of sp³-hybridized carbons (Fsp3) is 0.429. The molecule has 8 heavy (non-hydrogen) atoms. The summed E-state index contributed by atoms with van der Waals surface area (Å²) < 4.78 is 0. The zero-order valence-electron chi connectivity index (χ0n) is 5.22. The minimum absolute atomic E-state index is 1.02. The van der Waals surface area contributed by atoms with Gasteiger partial charge in [0.1, 0.15) is 0 Å². The summed E-state index contributed by atoms with van der Waals surface area (Å²) in [5.74, 6) is 0. The summed E-state index contributed by atoms with van der Waals surface area (Å²) in [6.07, 6.45) is 5.34. The highest BCUT2D eigenvalue weighted by Crippen LogP contribution is 2.08. The lowest BCUT2D eigenvalue weighted by molar-refractivity contribution is 0.445. The van der Waals surface area contributed by atoms with Crippen LogP contribution in [0.15, 0.2) is 24.4 Å². The van der Waals surface area contributed by atoms with Crippen molar-refractivity contribution >= 4 is 0 Å². The van der Waals surface area contributed by atoms with Gasteiger partial charge in [-0.05, 0) is 0 Å². The van der Waals surface area contributed by atoms with E-state index in [9.17, 15) is 0 Å². The van der Waals surface area contributed by atoms with Crippen LogP contribution in [-0.4, -0.2) is 18.5 Å². The summed E-state index contributed by atoms with van der Waals surface area (Å²) in [5.41, 5.74) is 1.22. The van der Waals surface area contributed by atoms with E-state index in [2.05, 4.69) is 30.7 Å². The molecule has 1 heteroatoms. The van der Waals surface area contributed by atoms with E-state index < -0.39 is 0 Å². The lowest BCUT2D eigenvalue weighted by Crippen LogP contribution is -2.18. The molecule has 0 fully saturated rings. The molecule has 0 aromatic heterocycles. The Kier molecular flexibility index (Phi) is 1.38. The first-order chi connectivity index (χ1) is 3.80. The summed E-state index contributed by atoms with van der Waals surface area (Å²) in [5, 5.41) is 0. The number of rotatable bonds is 0. The van der Waals surface area contributed by atoms with Crippen molar-refractivity contribution in [1.82, 2.24) is 4.90 Å². The van der Waals surface area contributed by atoms with Crippen molar-refractivity contribution in [2.75, 3.05) is 13.6 Å². The molecule has 1 aliphatic rings. The van der Waals surface area contributed by atoms with Gasteiger partial charge in [-0.1, -0.05) is 18.7 Å². The van der Waals surface area contributed by atoms with Crippen LogP contribution in [0.3, 0.4) is 0 Å². The van der Waals surface area contributed by atoms with Gasteiger partial charge in [-0.25, -0.2) is 0 Å². The van der Waals surface area contributed by atoms with Crippen LogP contribution >= 0.6 is 0 Å². The fourth-order valence-corrected chi connectivity index (χ4v) is 0.737. The highest BCUT2D eigenvalue weighted by molar-refractivity contribution is 5.07. The third kappa shape index (κ3) is 0.915. The van der Waals surface area contributed by atoms with Gasteiger partial charge in [-0.2, -0.15) is 0 Å². The molecule has 0 saturated carbocycles. The van der Waals surface area contributed by atoms with Crippen molar-refractivity contribution in [3.63, 3.8) is 0 Å². The largest absolute Gasteiger partial charge is 0.374 e. The van der Waals surface area contributed by atoms with Gasteiger partial charge in [0.2, 0.25) is 0 Å². The second-order valence-corrected chi connectivity index (χ2v) is 2.12. The van der Waals surface area contributed by atoms with Crippen LogP contribution in [0, 0.1) is 0 Å². The SMILES string of the molecule is C=C1CC=CCN1C. The Hall–Kier alpha value is -0.720. The normalized spacial score (nSPS) is 19.6. The van der Waals surface area contributed by atoms with E-state index >= 15 is 0 Å². The van der Waals surface area contributed by atoms with Gasteiger partial charge in [0.25, 0.3) is 0 Å². The Balaban J connectivity index is 2.57.